The first kappa shape index (κ1) is 27.6. The van der Waals surface area contributed by atoms with Crippen molar-refractivity contribution in [1.29, 1.82) is 0 Å². The summed E-state index contributed by atoms with van der Waals surface area (Å²) in [7, 11) is 0. The molecule has 0 N–H and O–H groups in total. The van der Waals surface area contributed by atoms with Gasteiger partial charge < -0.3 is 14.4 Å². The van der Waals surface area contributed by atoms with E-state index in [0.29, 0.717) is 38.5 Å². The van der Waals surface area contributed by atoms with Gasteiger partial charge in [-0.25, -0.2) is 4.79 Å². The fourth-order valence-electron chi connectivity index (χ4n) is 4.20. The van der Waals surface area contributed by atoms with Crippen LogP contribution in [0.25, 0.3) is 11.4 Å². The molecule has 11 heteroatoms. The van der Waals surface area contributed by atoms with E-state index in [1.165, 1.54) is 16.9 Å². The lowest BCUT2D eigenvalue weighted by Crippen LogP contribution is -2.43. The van der Waals surface area contributed by atoms with Gasteiger partial charge in [-0.05, 0) is 68.5 Å². The molecular formula is C27H32F3N5O3. The van der Waals surface area contributed by atoms with Gasteiger partial charge in [0.25, 0.3) is 0 Å². The molecule has 3 aromatic rings. The van der Waals surface area contributed by atoms with Gasteiger partial charge in [-0.2, -0.15) is 18.0 Å². The van der Waals surface area contributed by atoms with Crippen LogP contribution in [0.2, 0.25) is 0 Å². The minimum absolute atomic E-state index is 0.0427. The zero-order chi connectivity index (χ0) is 27.3. The van der Waals surface area contributed by atoms with E-state index in [-0.39, 0.29) is 12.2 Å². The van der Waals surface area contributed by atoms with Gasteiger partial charge in [-0.3, -0.25) is 0 Å². The van der Waals surface area contributed by atoms with Crippen LogP contribution in [0, 0.1) is 0 Å². The van der Waals surface area contributed by atoms with E-state index < -0.39 is 17.3 Å². The summed E-state index contributed by atoms with van der Waals surface area (Å²) in [5.41, 5.74) is 1.23. The van der Waals surface area contributed by atoms with Crippen LogP contribution in [0.15, 0.2) is 48.5 Å². The smallest absolute Gasteiger partial charge is 0.416 e. The summed E-state index contributed by atoms with van der Waals surface area (Å²) in [5, 5.41) is 12.8. The number of carbonyl (C=O) groups excluding carboxylic acids is 1. The number of piperidine rings is 1. The zero-order valence-electron chi connectivity index (χ0n) is 21.7. The minimum Gasteiger partial charge on any atom is -0.444 e. The second kappa shape index (κ2) is 11.5. The summed E-state index contributed by atoms with van der Waals surface area (Å²) in [6.07, 6.45) is -2.72. The van der Waals surface area contributed by atoms with E-state index in [1.807, 2.05) is 45.0 Å². The highest BCUT2D eigenvalue weighted by atomic mass is 19.4. The maximum atomic E-state index is 12.9. The molecule has 0 atom stereocenters. The topological polar surface area (TPSA) is 82.4 Å². The van der Waals surface area contributed by atoms with E-state index in [9.17, 15) is 18.0 Å². The van der Waals surface area contributed by atoms with Gasteiger partial charge in [0.05, 0.1) is 24.8 Å². The minimum atomic E-state index is -4.36. The number of alkyl halides is 3. The molecule has 1 amide bonds. The number of rotatable bonds is 7. The van der Waals surface area contributed by atoms with Crippen molar-refractivity contribution in [1.82, 2.24) is 25.1 Å². The van der Waals surface area contributed by atoms with Crippen LogP contribution in [0.1, 0.15) is 50.3 Å². The third-order valence-electron chi connectivity index (χ3n) is 6.13. The Hall–Kier alpha value is -3.47. The maximum Gasteiger partial charge on any atom is 0.416 e. The Morgan fingerprint density at radius 2 is 1.71 bits per heavy atom. The largest absolute Gasteiger partial charge is 0.444 e. The summed E-state index contributed by atoms with van der Waals surface area (Å²) in [6.45, 7) is 7.54. The second-order valence-corrected chi connectivity index (χ2v) is 10.3. The first-order chi connectivity index (χ1) is 18.0. The van der Waals surface area contributed by atoms with E-state index in [0.717, 1.165) is 41.7 Å². The molecule has 1 saturated heterocycles. The van der Waals surface area contributed by atoms with Crippen molar-refractivity contribution in [2.75, 3.05) is 19.7 Å². The third kappa shape index (κ3) is 7.53. The summed E-state index contributed by atoms with van der Waals surface area (Å²) in [4.78, 5) is 15.4. The third-order valence-corrected chi connectivity index (χ3v) is 6.13. The van der Waals surface area contributed by atoms with Crippen molar-refractivity contribution in [3.05, 3.63) is 65.2 Å². The normalized spacial score (nSPS) is 15.1. The number of amides is 1. The molecule has 38 heavy (non-hydrogen) atoms. The monoisotopic (exact) mass is 531 g/mol. The highest BCUT2D eigenvalue weighted by Gasteiger charge is 2.30. The molecular weight excluding hydrogens is 499 g/mol. The van der Waals surface area contributed by atoms with Gasteiger partial charge >= 0.3 is 12.3 Å². The van der Waals surface area contributed by atoms with E-state index in [4.69, 9.17) is 9.47 Å². The number of likely N-dealkylation sites (tertiary alicyclic amines) is 1. The van der Waals surface area contributed by atoms with Gasteiger partial charge in [-0.15, -0.1) is 10.2 Å². The van der Waals surface area contributed by atoms with Crippen LogP contribution in [0.4, 0.5) is 18.0 Å². The van der Waals surface area contributed by atoms with Crippen LogP contribution in [-0.2, 0) is 28.6 Å². The number of halogens is 3. The molecule has 1 fully saturated rings. The predicted octanol–water partition coefficient (Wildman–Crippen LogP) is 5.37. The second-order valence-electron chi connectivity index (χ2n) is 10.3. The Kier molecular flexibility index (Phi) is 8.35. The molecule has 0 aliphatic carbocycles. The van der Waals surface area contributed by atoms with Crippen molar-refractivity contribution >= 4 is 6.09 Å². The van der Waals surface area contributed by atoms with Crippen molar-refractivity contribution < 1.29 is 27.4 Å². The molecule has 0 spiro atoms. The molecule has 0 saturated carbocycles. The Morgan fingerprint density at radius 3 is 2.37 bits per heavy atom. The van der Waals surface area contributed by atoms with Crippen LogP contribution in [0.5, 0.6) is 0 Å². The van der Waals surface area contributed by atoms with Crippen LogP contribution in [0.3, 0.4) is 0 Å². The lowest BCUT2D eigenvalue weighted by atomic mass is 9.98. The first-order valence-electron chi connectivity index (χ1n) is 12.6. The fraction of sp³-hybridized carbons (Fsp3) is 0.481. The molecule has 1 aromatic heterocycles. The number of hydrogen-bond acceptors (Lipinski definition) is 6. The summed E-state index contributed by atoms with van der Waals surface area (Å²) < 4.78 is 50.0. The highest BCUT2D eigenvalue weighted by Crippen LogP contribution is 2.30. The van der Waals surface area contributed by atoms with E-state index >= 15 is 0 Å². The Bertz CT molecular complexity index is 1210. The van der Waals surface area contributed by atoms with Gasteiger partial charge in [0, 0.05) is 18.7 Å². The molecule has 2 aromatic carbocycles. The zero-order valence-corrected chi connectivity index (χ0v) is 21.7. The highest BCUT2D eigenvalue weighted by molar-refractivity contribution is 5.68. The summed E-state index contributed by atoms with van der Waals surface area (Å²) >= 11 is 0. The number of benzene rings is 2. The van der Waals surface area contributed by atoms with E-state index in [2.05, 4.69) is 15.4 Å². The van der Waals surface area contributed by atoms with Crippen LogP contribution >= 0.6 is 0 Å². The van der Waals surface area contributed by atoms with Crippen molar-refractivity contribution in [3.63, 3.8) is 0 Å². The standard InChI is InChI=1S/C27H32F3N5O3/c1-26(2,3)38-25(36)34-14-12-22(13-15-34)37-17-16-35-32-24(31-33-35)23-7-5-4-6-20(23)18-19-8-10-21(11-9-19)27(28,29)30/h4-11,22H,12-18H2,1-3H3. The average Bonchev–Trinajstić information content (AvgIpc) is 3.32. The van der Waals surface area contributed by atoms with Gasteiger partial charge in [0.2, 0.25) is 5.82 Å². The van der Waals surface area contributed by atoms with Crippen molar-refractivity contribution in [2.45, 2.75) is 64.5 Å². The number of tetrazole rings is 1. The molecule has 0 unspecified atom stereocenters. The molecule has 8 nitrogen and oxygen atoms in total. The molecule has 1 aliphatic rings. The lowest BCUT2D eigenvalue weighted by Gasteiger charge is -2.33. The Morgan fingerprint density at radius 1 is 1.03 bits per heavy atom. The van der Waals surface area contributed by atoms with Crippen LogP contribution in [-0.4, -0.2) is 62.6 Å². The van der Waals surface area contributed by atoms with Gasteiger partial charge in [0.15, 0.2) is 0 Å². The average molecular weight is 532 g/mol. The number of hydrogen-bond donors (Lipinski definition) is 0. The Balaban J connectivity index is 1.29. The number of ether oxygens (including phenoxy) is 2. The first-order valence-corrected chi connectivity index (χ1v) is 12.6. The molecule has 1 aliphatic heterocycles. The summed E-state index contributed by atoms with van der Waals surface area (Å²) in [5.74, 6) is 0.443. The number of nitrogens with zero attached hydrogens (tertiary/aromatic N) is 5. The number of aromatic nitrogens is 4. The van der Waals surface area contributed by atoms with E-state index in [1.54, 1.807) is 4.90 Å². The molecule has 0 bridgehead atoms. The molecule has 2 heterocycles. The SMILES string of the molecule is CC(C)(C)OC(=O)N1CCC(OCCn2nnc(-c3ccccc3Cc3ccc(C(F)(F)F)cc3)n2)CC1. The van der Waals surface area contributed by atoms with Crippen LogP contribution < -0.4 is 0 Å². The molecule has 4 rings (SSSR count). The maximum absolute atomic E-state index is 12.9. The van der Waals surface area contributed by atoms with Gasteiger partial charge in [0.1, 0.15) is 5.60 Å². The molecule has 0 radical (unpaired) electrons. The van der Waals surface area contributed by atoms with Gasteiger partial charge in [-0.1, -0.05) is 36.4 Å². The summed E-state index contributed by atoms with van der Waals surface area (Å²) in [6, 6.07) is 12.7. The van der Waals surface area contributed by atoms with Crippen molar-refractivity contribution in [2.24, 2.45) is 0 Å². The number of carbonyl (C=O) groups is 1. The molecule has 204 valence electrons. The van der Waals surface area contributed by atoms with Crippen molar-refractivity contribution in [3.8, 4) is 11.4 Å². The Labute approximate surface area is 219 Å². The fourth-order valence-corrected chi connectivity index (χ4v) is 4.20. The predicted molar refractivity (Wildman–Crippen MR) is 134 cm³/mol. The lowest BCUT2D eigenvalue weighted by molar-refractivity contribution is -0.137. The quantitative estimate of drug-likeness (QED) is 0.408.